The van der Waals surface area contributed by atoms with Gasteiger partial charge in [-0.1, -0.05) is 6.07 Å². The number of benzene rings is 1. The molecule has 27 heavy (non-hydrogen) atoms. The van der Waals surface area contributed by atoms with Crippen LogP contribution in [0.15, 0.2) is 47.5 Å². The van der Waals surface area contributed by atoms with Crippen LogP contribution in [0.1, 0.15) is 29.8 Å². The summed E-state index contributed by atoms with van der Waals surface area (Å²) in [5.41, 5.74) is 1.36. The topological polar surface area (TPSA) is 88.6 Å². The quantitative estimate of drug-likeness (QED) is 0.868. The molecule has 8 heteroatoms. The van der Waals surface area contributed by atoms with Crippen LogP contribution in [0, 0.1) is 6.92 Å². The Kier molecular flexibility index (Phi) is 5.59. The molecule has 2 heterocycles. The molecule has 1 aromatic carbocycles. The molecule has 7 nitrogen and oxygen atoms in total. The average Bonchev–Trinajstić information content (AvgIpc) is 2.63. The number of sulfonamides is 1. The Bertz CT molecular complexity index is 901. The largest absolute Gasteiger partial charge is 0.373 e. The summed E-state index contributed by atoms with van der Waals surface area (Å²) < 4.78 is 32.7. The fourth-order valence-electron chi connectivity index (χ4n) is 2.98. The molecule has 0 bridgehead atoms. The zero-order chi connectivity index (χ0) is 19.6. The SMILES string of the molecule is Cc1ccc(NC(=O)c2ccc(S(=O)(=O)N3CC(C)OC(C)C3)cc2)nc1. The van der Waals surface area contributed by atoms with Gasteiger partial charge in [0, 0.05) is 24.8 Å². The van der Waals surface area contributed by atoms with E-state index in [4.69, 9.17) is 4.74 Å². The van der Waals surface area contributed by atoms with Gasteiger partial charge in [-0.05, 0) is 56.7 Å². The third-order valence-corrected chi connectivity index (χ3v) is 6.14. The smallest absolute Gasteiger partial charge is 0.256 e. The van der Waals surface area contributed by atoms with Gasteiger partial charge in [0.1, 0.15) is 5.82 Å². The normalized spacial score (nSPS) is 21.0. The van der Waals surface area contributed by atoms with Crippen molar-refractivity contribution >= 4 is 21.7 Å². The van der Waals surface area contributed by atoms with E-state index in [2.05, 4.69) is 10.3 Å². The van der Waals surface area contributed by atoms with Gasteiger partial charge in [-0.3, -0.25) is 4.79 Å². The summed E-state index contributed by atoms with van der Waals surface area (Å²) in [6.07, 6.45) is 1.35. The summed E-state index contributed by atoms with van der Waals surface area (Å²) in [5.74, 6) is 0.0995. The van der Waals surface area contributed by atoms with Crippen molar-refractivity contribution < 1.29 is 17.9 Å². The third-order valence-electron chi connectivity index (χ3n) is 4.29. The Labute approximate surface area is 159 Å². The van der Waals surface area contributed by atoms with E-state index in [1.165, 1.54) is 28.6 Å². The van der Waals surface area contributed by atoms with Crippen molar-refractivity contribution in [3.8, 4) is 0 Å². The molecule has 0 radical (unpaired) electrons. The predicted molar refractivity (Wildman–Crippen MR) is 102 cm³/mol. The molecule has 2 unspecified atom stereocenters. The molecule has 1 N–H and O–H groups in total. The standard InChI is InChI=1S/C19H23N3O4S/c1-13-4-9-18(20-10-13)21-19(23)16-5-7-17(8-6-16)27(24,25)22-11-14(2)26-15(3)12-22/h4-10,14-15H,11-12H2,1-3H3,(H,20,21,23). The van der Waals surface area contributed by atoms with Crippen molar-refractivity contribution in [2.75, 3.05) is 18.4 Å². The Hall–Kier alpha value is -2.29. The van der Waals surface area contributed by atoms with Crippen molar-refractivity contribution in [1.82, 2.24) is 9.29 Å². The number of nitrogens with zero attached hydrogens (tertiary/aromatic N) is 2. The molecule has 2 atom stereocenters. The van der Waals surface area contributed by atoms with Gasteiger partial charge in [0.25, 0.3) is 5.91 Å². The summed E-state index contributed by atoms with van der Waals surface area (Å²) in [7, 11) is -3.62. The Morgan fingerprint density at radius 1 is 1.11 bits per heavy atom. The van der Waals surface area contributed by atoms with E-state index in [0.717, 1.165) is 5.56 Å². The molecule has 1 aliphatic heterocycles. The van der Waals surface area contributed by atoms with Crippen LogP contribution in [0.2, 0.25) is 0 Å². The lowest BCUT2D eigenvalue weighted by molar-refractivity contribution is -0.0440. The number of aromatic nitrogens is 1. The summed E-state index contributed by atoms with van der Waals surface area (Å²) in [4.78, 5) is 16.6. The van der Waals surface area contributed by atoms with Crippen LogP contribution in [0.5, 0.6) is 0 Å². The number of nitrogens with one attached hydrogen (secondary N) is 1. The number of hydrogen-bond acceptors (Lipinski definition) is 5. The number of carbonyl (C=O) groups excluding carboxylic acids is 1. The summed E-state index contributed by atoms with van der Waals surface area (Å²) in [6.45, 7) is 6.24. The zero-order valence-electron chi connectivity index (χ0n) is 15.5. The zero-order valence-corrected chi connectivity index (χ0v) is 16.4. The number of carbonyl (C=O) groups is 1. The molecule has 0 saturated carbocycles. The lowest BCUT2D eigenvalue weighted by Crippen LogP contribution is -2.48. The van der Waals surface area contributed by atoms with Gasteiger partial charge in [-0.25, -0.2) is 13.4 Å². The maximum atomic E-state index is 12.8. The van der Waals surface area contributed by atoms with Gasteiger partial charge in [-0.15, -0.1) is 0 Å². The fourth-order valence-corrected chi connectivity index (χ4v) is 4.58. The molecule has 2 aromatic rings. The molecule has 1 amide bonds. The Morgan fingerprint density at radius 2 is 1.74 bits per heavy atom. The number of pyridine rings is 1. The maximum Gasteiger partial charge on any atom is 0.256 e. The minimum atomic E-state index is -3.62. The molecule has 0 aliphatic carbocycles. The molecule has 1 aromatic heterocycles. The molecule has 3 rings (SSSR count). The number of amides is 1. The van der Waals surface area contributed by atoms with Gasteiger partial charge in [0.2, 0.25) is 10.0 Å². The van der Waals surface area contributed by atoms with Crippen molar-refractivity contribution in [3.05, 3.63) is 53.7 Å². The second-order valence-corrected chi connectivity index (χ2v) is 8.72. The van der Waals surface area contributed by atoms with Crippen molar-refractivity contribution in [2.24, 2.45) is 0 Å². The highest BCUT2D eigenvalue weighted by molar-refractivity contribution is 7.89. The molecule has 1 aliphatic rings. The number of morpholine rings is 1. The second-order valence-electron chi connectivity index (χ2n) is 6.78. The number of hydrogen-bond donors (Lipinski definition) is 1. The lowest BCUT2D eigenvalue weighted by atomic mass is 10.2. The molecule has 0 spiro atoms. The van der Waals surface area contributed by atoms with Crippen LogP contribution in [0.4, 0.5) is 5.82 Å². The first kappa shape index (κ1) is 19.5. The van der Waals surface area contributed by atoms with Crippen molar-refractivity contribution in [2.45, 2.75) is 37.9 Å². The van der Waals surface area contributed by atoms with Gasteiger partial charge in [-0.2, -0.15) is 4.31 Å². The van der Waals surface area contributed by atoms with E-state index in [9.17, 15) is 13.2 Å². The lowest BCUT2D eigenvalue weighted by Gasteiger charge is -2.34. The highest BCUT2D eigenvalue weighted by Crippen LogP contribution is 2.21. The third kappa shape index (κ3) is 4.52. The van der Waals surface area contributed by atoms with Crippen molar-refractivity contribution in [1.29, 1.82) is 0 Å². The summed E-state index contributed by atoms with van der Waals surface area (Å²) in [6, 6.07) is 9.48. The maximum absolute atomic E-state index is 12.8. The summed E-state index contributed by atoms with van der Waals surface area (Å²) >= 11 is 0. The predicted octanol–water partition coefficient (Wildman–Crippen LogP) is 2.44. The first-order valence-corrected chi connectivity index (χ1v) is 10.2. The van der Waals surface area contributed by atoms with Crippen LogP contribution < -0.4 is 5.32 Å². The minimum Gasteiger partial charge on any atom is -0.373 e. The van der Waals surface area contributed by atoms with Crippen LogP contribution in [0.3, 0.4) is 0 Å². The number of anilines is 1. The van der Waals surface area contributed by atoms with E-state index in [-0.39, 0.29) is 23.0 Å². The number of rotatable bonds is 4. The van der Waals surface area contributed by atoms with Gasteiger partial charge >= 0.3 is 0 Å². The average molecular weight is 389 g/mol. The second kappa shape index (κ2) is 7.75. The van der Waals surface area contributed by atoms with Crippen molar-refractivity contribution in [3.63, 3.8) is 0 Å². The van der Waals surface area contributed by atoms with Crippen LogP contribution in [-0.2, 0) is 14.8 Å². The summed E-state index contributed by atoms with van der Waals surface area (Å²) in [5, 5.41) is 2.69. The van der Waals surface area contributed by atoms with Crippen LogP contribution >= 0.6 is 0 Å². The number of ether oxygens (including phenoxy) is 1. The number of aryl methyl sites for hydroxylation is 1. The fraction of sp³-hybridized carbons (Fsp3) is 0.368. The van der Waals surface area contributed by atoms with Crippen LogP contribution in [0.25, 0.3) is 0 Å². The molecular formula is C19H23N3O4S. The minimum absolute atomic E-state index is 0.157. The van der Waals surface area contributed by atoms with E-state index in [0.29, 0.717) is 24.5 Å². The highest BCUT2D eigenvalue weighted by Gasteiger charge is 2.32. The molecule has 1 saturated heterocycles. The van der Waals surface area contributed by atoms with Gasteiger partial charge in [0.15, 0.2) is 0 Å². The van der Waals surface area contributed by atoms with E-state index < -0.39 is 10.0 Å². The molecule has 1 fully saturated rings. The first-order valence-electron chi connectivity index (χ1n) is 8.75. The molecular weight excluding hydrogens is 366 g/mol. The van der Waals surface area contributed by atoms with Crippen LogP contribution in [-0.4, -0.2) is 48.9 Å². The van der Waals surface area contributed by atoms with Gasteiger partial charge in [0.05, 0.1) is 17.1 Å². The monoisotopic (exact) mass is 389 g/mol. The Balaban J connectivity index is 1.74. The van der Waals surface area contributed by atoms with E-state index in [1.54, 1.807) is 12.3 Å². The Morgan fingerprint density at radius 3 is 2.30 bits per heavy atom. The molecule has 144 valence electrons. The van der Waals surface area contributed by atoms with E-state index in [1.807, 2.05) is 26.8 Å². The van der Waals surface area contributed by atoms with E-state index >= 15 is 0 Å². The first-order chi connectivity index (χ1) is 12.8. The highest BCUT2D eigenvalue weighted by atomic mass is 32.2. The van der Waals surface area contributed by atoms with Gasteiger partial charge < -0.3 is 10.1 Å².